The number of nitrogens with zero attached hydrogens (tertiary/aromatic N) is 1. The van der Waals surface area contributed by atoms with Crippen molar-refractivity contribution in [2.24, 2.45) is 0 Å². The average molecular weight is 435 g/mol. The smallest absolute Gasteiger partial charge is 0.327 e. The van der Waals surface area contributed by atoms with Crippen molar-refractivity contribution in [1.29, 1.82) is 0 Å². The van der Waals surface area contributed by atoms with Gasteiger partial charge in [0, 0.05) is 0 Å². The van der Waals surface area contributed by atoms with E-state index in [-0.39, 0.29) is 0 Å². The molecule has 2 aromatic carbocycles. The Bertz CT molecular complexity index is 1040. The van der Waals surface area contributed by atoms with Gasteiger partial charge in [-0.25, -0.2) is 8.42 Å². The normalized spacial score (nSPS) is 12.0. The second kappa shape index (κ2) is 9.62. The van der Waals surface area contributed by atoms with Crippen molar-refractivity contribution in [1.82, 2.24) is 0 Å². The summed E-state index contributed by atoms with van der Waals surface area (Å²) in [5.74, 6) is -0.938. The molecule has 0 saturated carbocycles. The number of aryl methyl sites for hydroxylation is 2. The molecule has 2 rings (SSSR count). The summed E-state index contributed by atoms with van der Waals surface area (Å²) in [7, 11) is -2.26. The Balaban J connectivity index is 2.10. The standard InChI is InChI=1S/C21H26N2O6S/c1-14-10-11-19(28-4)17(12-14)22-21(25)16(3)29-20(24)13-23(30(5,26)27)18-9-7-6-8-15(18)2/h6-12,16H,13H2,1-5H3,(H,22,25). The zero-order valence-electron chi connectivity index (χ0n) is 17.6. The highest BCUT2D eigenvalue weighted by Crippen LogP contribution is 2.25. The molecule has 1 atom stereocenters. The quantitative estimate of drug-likeness (QED) is 0.641. The Morgan fingerprint density at radius 1 is 1.13 bits per heavy atom. The van der Waals surface area contributed by atoms with E-state index in [4.69, 9.17) is 9.47 Å². The van der Waals surface area contributed by atoms with Gasteiger partial charge in [-0.2, -0.15) is 0 Å². The number of rotatable bonds is 8. The first kappa shape index (κ1) is 23.2. The largest absolute Gasteiger partial charge is 0.495 e. The summed E-state index contributed by atoms with van der Waals surface area (Å²) in [6.07, 6.45) is -0.131. The summed E-state index contributed by atoms with van der Waals surface area (Å²) in [6.45, 7) is 4.47. The molecule has 0 aromatic heterocycles. The predicted octanol–water partition coefficient (Wildman–Crippen LogP) is 2.65. The van der Waals surface area contributed by atoms with Crippen LogP contribution in [0.1, 0.15) is 18.1 Å². The molecule has 162 valence electrons. The van der Waals surface area contributed by atoms with Crippen molar-refractivity contribution in [2.75, 3.05) is 29.5 Å². The number of carbonyl (C=O) groups excluding carboxylic acids is 2. The number of anilines is 2. The van der Waals surface area contributed by atoms with Gasteiger partial charge in [-0.05, 0) is 50.1 Å². The number of ether oxygens (including phenoxy) is 2. The minimum absolute atomic E-state index is 0.374. The SMILES string of the molecule is COc1ccc(C)cc1NC(=O)C(C)OC(=O)CN(c1ccccc1C)S(C)(=O)=O. The third kappa shape index (κ3) is 5.96. The van der Waals surface area contributed by atoms with Crippen LogP contribution in [0.2, 0.25) is 0 Å². The lowest BCUT2D eigenvalue weighted by Crippen LogP contribution is -2.39. The van der Waals surface area contributed by atoms with E-state index in [2.05, 4.69) is 5.32 Å². The van der Waals surface area contributed by atoms with Gasteiger partial charge in [0.1, 0.15) is 12.3 Å². The van der Waals surface area contributed by atoms with Crippen LogP contribution in [0.5, 0.6) is 5.75 Å². The van der Waals surface area contributed by atoms with Gasteiger partial charge in [0.2, 0.25) is 10.0 Å². The first-order valence-electron chi connectivity index (χ1n) is 9.21. The topological polar surface area (TPSA) is 102 Å². The van der Waals surface area contributed by atoms with Gasteiger partial charge in [-0.3, -0.25) is 13.9 Å². The monoisotopic (exact) mass is 434 g/mol. The molecule has 1 N–H and O–H groups in total. The van der Waals surface area contributed by atoms with E-state index in [9.17, 15) is 18.0 Å². The van der Waals surface area contributed by atoms with Crippen molar-refractivity contribution < 1.29 is 27.5 Å². The molecule has 9 heteroatoms. The number of methoxy groups -OCH3 is 1. The van der Waals surface area contributed by atoms with Gasteiger partial charge in [0.05, 0.1) is 24.7 Å². The molecule has 0 bridgehead atoms. The van der Waals surface area contributed by atoms with Crippen molar-refractivity contribution in [3.05, 3.63) is 53.6 Å². The Labute approximate surface area is 176 Å². The van der Waals surface area contributed by atoms with Crippen LogP contribution in [0.25, 0.3) is 0 Å². The lowest BCUT2D eigenvalue weighted by atomic mass is 10.2. The Kier molecular flexibility index (Phi) is 7.44. The molecule has 8 nitrogen and oxygen atoms in total. The Morgan fingerprint density at radius 2 is 1.80 bits per heavy atom. The maximum Gasteiger partial charge on any atom is 0.327 e. The highest BCUT2D eigenvalue weighted by molar-refractivity contribution is 7.92. The summed E-state index contributed by atoms with van der Waals surface area (Å²) in [4.78, 5) is 24.9. The number of carbonyl (C=O) groups is 2. The van der Waals surface area contributed by atoms with Gasteiger partial charge in [0.25, 0.3) is 5.91 Å². The van der Waals surface area contributed by atoms with Crippen molar-refractivity contribution in [2.45, 2.75) is 26.9 Å². The van der Waals surface area contributed by atoms with Crippen LogP contribution >= 0.6 is 0 Å². The lowest BCUT2D eigenvalue weighted by Gasteiger charge is -2.24. The molecule has 30 heavy (non-hydrogen) atoms. The number of benzene rings is 2. The van der Waals surface area contributed by atoms with E-state index >= 15 is 0 Å². The van der Waals surface area contributed by atoms with Crippen molar-refractivity contribution in [3.8, 4) is 5.75 Å². The Morgan fingerprint density at radius 3 is 2.40 bits per heavy atom. The molecular weight excluding hydrogens is 408 g/mol. The van der Waals surface area contributed by atoms with E-state index in [1.54, 1.807) is 43.3 Å². The minimum atomic E-state index is -3.74. The molecule has 0 aliphatic heterocycles. The zero-order chi connectivity index (χ0) is 22.5. The zero-order valence-corrected chi connectivity index (χ0v) is 18.4. The lowest BCUT2D eigenvalue weighted by molar-refractivity contribution is -0.151. The first-order valence-corrected chi connectivity index (χ1v) is 11.1. The molecule has 1 amide bonds. The number of para-hydroxylation sites is 1. The number of hydrogen-bond acceptors (Lipinski definition) is 6. The molecule has 0 spiro atoms. The van der Waals surface area contributed by atoms with Crippen LogP contribution in [0, 0.1) is 13.8 Å². The first-order chi connectivity index (χ1) is 14.0. The maximum atomic E-state index is 12.5. The summed E-state index contributed by atoms with van der Waals surface area (Å²) in [5.41, 5.74) is 2.42. The van der Waals surface area contributed by atoms with Crippen LogP contribution in [0.4, 0.5) is 11.4 Å². The molecule has 0 aliphatic carbocycles. The average Bonchev–Trinajstić information content (AvgIpc) is 2.66. The third-order valence-corrected chi connectivity index (χ3v) is 5.47. The third-order valence-electron chi connectivity index (χ3n) is 4.35. The fourth-order valence-electron chi connectivity index (χ4n) is 2.78. The fourth-order valence-corrected chi connectivity index (χ4v) is 3.69. The number of amides is 1. The number of sulfonamides is 1. The van der Waals surface area contributed by atoms with E-state index in [1.165, 1.54) is 14.0 Å². The van der Waals surface area contributed by atoms with E-state index < -0.39 is 34.5 Å². The molecule has 0 fully saturated rings. The summed E-state index contributed by atoms with van der Waals surface area (Å²) < 4.78 is 35.8. The van der Waals surface area contributed by atoms with Crippen LogP contribution in [-0.4, -0.2) is 46.3 Å². The number of esters is 1. The maximum absolute atomic E-state index is 12.5. The van der Waals surface area contributed by atoms with E-state index in [0.717, 1.165) is 16.1 Å². The predicted molar refractivity (Wildman–Crippen MR) is 115 cm³/mol. The molecular formula is C21H26N2O6S. The molecule has 0 aliphatic rings. The summed E-state index contributed by atoms with van der Waals surface area (Å²) >= 11 is 0. The van der Waals surface area contributed by atoms with Gasteiger partial charge in [-0.1, -0.05) is 24.3 Å². The second-order valence-corrected chi connectivity index (χ2v) is 8.79. The van der Waals surface area contributed by atoms with Crippen molar-refractivity contribution in [3.63, 3.8) is 0 Å². The molecule has 0 radical (unpaired) electrons. The summed E-state index contributed by atoms with van der Waals surface area (Å²) in [6, 6.07) is 12.1. The van der Waals surface area contributed by atoms with Crippen molar-refractivity contribution >= 4 is 33.3 Å². The van der Waals surface area contributed by atoms with Gasteiger partial charge >= 0.3 is 5.97 Å². The number of nitrogens with one attached hydrogen (secondary N) is 1. The molecule has 0 heterocycles. The van der Waals surface area contributed by atoms with E-state index in [0.29, 0.717) is 22.7 Å². The highest BCUT2D eigenvalue weighted by Gasteiger charge is 2.26. The molecule has 1 unspecified atom stereocenters. The van der Waals surface area contributed by atoms with Gasteiger partial charge < -0.3 is 14.8 Å². The Hall–Kier alpha value is -3.07. The minimum Gasteiger partial charge on any atom is -0.495 e. The van der Waals surface area contributed by atoms with Gasteiger partial charge in [0.15, 0.2) is 6.10 Å². The molecule has 0 saturated heterocycles. The molecule has 2 aromatic rings. The highest BCUT2D eigenvalue weighted by atomic mass is 32.2. The van der Waals surface area contributed by atoms with Crippen LogP contribution in [0.3, 0.4) is 0 Å². The van der Waals surface area contributed by atoms with E-state index in [1.807, 2.05) is 13.0 Å². The fraction of sp³-hybridized carbons (Fsp3) is 0.333. The van der Waals surface area contributed by atoms with Gasteiger partial charge in [-0.15, -0.1) is 0 Å². The van der Waals surface area contributed by atoms with Crippen LogP contribution in [-0.2, 0) is 24.3 Å². The number of hydrogen-bond donors (Lipinski definition) is 1. The summed E-state index contributed by atoms with van der Waals surface area (Å²) in [5, 5.41) is 2.66. The van der Waals surface area contributed by atoms with Crippen LogP contribution < -0.4 is 14.4 Å². The van der Waals surface area contributed by atoms with Crippen LogP contribution in [0.15, 0.2) is 42.5 Å². The second-order valence-electron chi connectivity index (χ2n) is 6.88.